The number of fused-ring (bicyclic) bond motifs is 9. The van der Waals surface area contributed by atoms with Gasteiger partial charge in [0, 0.05) is 32.7 Å². The first-order valence-corrected chi connectivity index (χ1v) is 21.3. The van der Waals surface area contributed by atoms with E-state index in [-0.39, 0.29) is 10.8 Å². The lowest BCUT2D eigenvalue weighted by Gasteiger charge is -2.24. The van der Waals surface area contributed by atoms with E-state index < -0.39 is 0 Å². The van der Waals surface area contributed by atoms with Gasteiger partial charge in [-0.2, -0.15) is 9.97 Å². The van der Waals surface area contributed by atoms with Crippen LogP contribution in [-0.4, -0.2) is 24.1 Å². The molecule has 0 bridgehead atoms. The topological polar surface area (TPSA) is 48.5 Å². The molecule has 5 nitrogen and oxygen atoms in total. The van der Waals surface area contributed by atoms with Crippen molar-refractivity contribution < 1.29 is 0 Å². The summed E-state index contributed by atoms with van der Waals surface area (Å²) in [5.74, 6) is 1.84. The maximum absolute atomic E-state index is 5.39. The van der Waals surface area contributed by atoms with Crippen molar-refractivity contribution in [2.75, 3.05) is 0 Å². The van der Waals surface area contributed by atoms with E-state index in [1.165, 1.54) is 49.6 Å². The van der Waals surface area contributed by atoms with Gasteiger partial charge in [-0.05, 0) is 80.6 Å². The van der Waals surface area contributed by atoms with Crippen LogP contribution in [0.4, 0.5) is 0 Å². The Bertz CT molecular complexity index is 3550. The lowest BCUT2D eigenvalue weighted by Crippen LogP contribution is -2.18. The van der Waals surface area contributed by atoms with Gasteiger partial charge in [-0.3, -0.25) is 4.57 Å². The molecule has 0 N–H and O–H groups in total. The minimum Gasteiger partial charge on any atom is -0.309 e. The minimum absolute atomic E-state index is 0.0211. The van der Waals surface area contributed by atoms with Crippen molar-refractivity contribution in [3.05, 3.63) is 187 Å². The van der Waals surface area contributed by atoms with Gasteiger partial charge in [0.05, 0.1) is 27.8 Å². The molecule has 0 atom stereocenters. The zero-order chi connectivity index (χ0) is 41.0. The number of nitrogens with zero attached hydrogens (tertiary/aromatic N) is 5. The van der Waals surface area contributed by atoms with Crippen molar-refractivity contribution >= 4 is 54.4 Å². The zero-order valence-electron chi connectivity index (χ0n) is 34.7. The van der Waals surface area contributed by atoms with Crippen LogP contribution in [0.2, 0.25) is 0 Å². The third kappa shape index (κ3) is 5.36. The van der Waals surface area contributed by atoms with Gasteiger partial charge in [0.1, 0.15) is 0 Å². The summed E-state index contributed by atoms with van der Waals surface area (Å²) < 4.78 is 4.77. The highest BCUT2D eigenvalue weighted by Gasteiger charge is 2.43. The molecule has 0 fully saturated rings. The first kappa shape index (κ1) is 35.6. The monoisotopic (exact) mass is 785 g/mol. The second-order valence-corrected chi connectivity index (χ2v) is 18.0. The first-order valence-electron chi connectivity index (χ1n) is 21.3. The van der Waals surface area contributed by atoms with Gasteiger partial charge in [-0.1, -0.05) is 173 Å². The summed E-state index contributed by atoms with van der Waals surface area (Å²) in [4.78, 5) is 16.0. The molecule has 8 aromatic carbocycles. The van der Waals surface area contributed by atoms with Crippen molar-refractivity contribution in [1.82, 2.24) is 24.1 Å². The average molecular weight is 786 g/mol. The second-order valence-electron chi connectivity index (χ2n) is 18.0. The SMILES string of the molecule is CC1(C)CC(C)(C)c2c(-n3c4ccccc4c4c5c6ccccc6n(-c6nc(-c7ccc(-c8ccccc8)cc7)nc(-c7cccc8ccccc78)n6)c5ccc43)cccc21. The van der Waals surface area contributed by atoms with Crippen molar-refractivity contribution in [2.24, 2.45) is 0 Å². The maximum Gasteiger partial charge on any atom is 0.238 e. The summed E-state index contributed by atoms with van der Waals surface area (Å²) in [5, 5.41) is 7.05. The Balaban J connectivity index is 1.14. The van der Waals surface area contributed by atoms with Crippen molar-refractivity contribution in [3.63, 3.8) is 0 Å². The Kier molecular flexibility index (Phi) is 7.62. The molecule has 11 aromatic rings. The Morgan fingerprint density at radius 1 is 0.410 bits per heavy atom. The lowest BCUT2D eigenvalue weighted by atomic mass is 9.81. The molecule has 0 saturated heterocycles. The summed E-state index contributed by atoms with van der Waals surface area (Å²) in [7, 11) is 0. The van der Waals surface area contributed by atoms with Gasteiger partial charge in [0.15, 0.2) is 11.6 Å². The Labute approximate surface area is 354 Å². The van der Waals surface area contributed by atoms with Crippen LogP contribution >= 0.6 is 0 Å². The molecule has 0 amide bonds. The highest BCUT2D eigenvalue weighted by Crippen LogP contribution is 2.53. The number of hydrogen-bond donors (Lipinski definition) is 0. The molecule has 1 aliphatic carbocycles. The van der Waals surface area contributed by atoms with E-state index in [2.05, 4.69) is 207 Å². The number of para-hydroxylation sites is 2. The van der Waals surface area contributed by atoms with Crippen LogP contribution < -0.4 is 0 Å². The Morgan fingerprint density at radius 2 is 0.967 bits per heavy atom. The van der Waals surface area contributed by atoms with E-state index in [4.69, 9.17) is 15.0 Å². The fourth-order valence-electron chi connectivity index (χ4n) is 10.9. The smallest absolute Gasteiger partial charge is 0.238 e. The van der Waals surface area contributed by atoms with Crippen LogP contribution in [0.3, 0.4) is 0 Å². The molecule has 3 heterocycles. The summed E-state index contributed by atoms with van der Waals surface area (Å²) in [6.45, 7) is 9.62. The molecular formula is C56H43N5. The van der Waals surface area contributed by atoms with E-state index in [0.29, 0.717) is 17.6 Å². The van der Waals surface area contributed by atoms with Crippen LogP contribution in [0.15, 0.2) is 176 Å². The quantitative estimate of drug-likeness (QED) is 0.175. The van der Waals surface area contributed by atoms with E-state index in [0.717, 1.165) is 50.3 Å². The summed E-state index contributed by atoms with van der Waals surface area (Å²) >= 11 is 0. The van der Waals surface area contributed by atoms with E-state index in [1.54, 1.807) is 0 Å². The largest absolute Gasteiger partial charge is 0.309 e. The predicted octanol–water partition coefficient (Wildman–Crippen LogP) is 14.2. The number of rotatable bonds is 5. The van der Waals surface area contributed by atoms with Crippen LogP contribution in [-0.2, 0) is 10.8 Å². The normalized spacial score (nSPS) is 14.4. The highest BCUT2D eigenvalue weighted by molar-refractivity contribution is 6.28. The molecule has 0 spiro atoms. The zero-order valence-corrected chi connectivity index (χ0v) is 34.7. The van der Waals surface area contributed by atoms with Gasteiger partial charge >= 0.3 is 0 Å². The lowest BCUT2D eigenvalue weighted by molar-refractivity contribution is 0.403. The molecule has 292 valence electrons. The molecule has 0 saturated carbocycles. The molecule has 5 heteroatoms. The van der Waals surface area contributed by atoms with Crippen molar-refractivity contribution in [1.29, 1.82) is 0 Å². The Hall–Kier alpha value is -7.37. The molecule has 12 rings (SSSR count). The van der Waals surface area contributed by atoms with Gasteiger partial charge in [-0.25, -0.2) is 4.98 Å². The molecule has 1 aliphatic rings. The van der Waals surface area contributed by atoms with Gasteiger partial charge in [-0.15, -0.1) is 0 Å². The number of aromatic nitrogens is 5. The van der Waals surface area contributed by atoms with Gasteiger partial charge in [0.25, 0.3) is 0 Å². The van der Waals surface area contributed by atoms with Crippen LogP contribution in [0.25, 0.3) is 99.9 Å². The number of hydrogen-bond acceptors (Lipinski definition) is 3. The summed E-state index contributed by atoms with van der Waals surface area (Å²) in [5.41, 5.74) is 13.0. The van der Waals surface area contributed by atoms with Crippen LogP contribution in [0.1, 0.15) is 45.2 Å². The van der Waals surface area contributed by atoms with Gasteiger partial charge < -0.3 is 4.57 Å². The van der Waals surface area contributed by atoms with E-state index in [9.17, 15) is 0 Å². The third-order valence-corrected chi connectivity index (χ3v) is 13.1. The fraction of sp³-hybridized carbons (Fsp3) is 0.125. The van der Waals surface area contributed by atoms with Crippen LogP contribution in [0, 0.1) is 0 Å². The highest BCUT2D eigenvalue weighted by atomic mass is 15.2. The molecule has 0 unspecified atom stereocenters. The first-order chi connectivity index (χ1) is 29.7. The molecule has 0 aliphatic heterocycles. The molecule has 0 radical (unpaired) electrons. The number of benzene rings is 8. The van der Waals surface area contributed by atoms with Crippen LogP contribution in [0.5, 0.6) is 0 Å². The second kappa shape index (κ2) is 13.1. The predicted molar refractivity (Wildman–Crippen MR) is 253 cm³/mol. The van der Waals surface area contributed by atoms with Crippen molar-refractivity contribution in [3.8, 4) is 45.5 Å². The van der Waals surface area contributed by atoms with E-state index in [1.807, 2.05) is 6.07 Å². The third-order valence-electron chi connectivity index (χ3n) is 13.1. The minimum atomic E-state index is 0.0211. The fourth-order valence-corrected chi connectivity index (χ4v) is 10.9. The maximum atomic E-state index is 5.39. The Morgan fingerprint density at radius 3 is 1.70 bits per heavy atom. The van der Waals surface area contributed by atoms with E-state index >= 15 is 0 Å². The standard InChI is InChI=1S/C56H43N5/c1-55(2)34-56(3,4)51-43(55)24-15-27-48(51)60-44-25-12-10-21-41(44)49-46(60)32-33-47-50(49)42-22-11-13-26-45(42)61(47)54-58-52(38-30-28-36(29-31-38)35-16-6-5-7-17-35)57-53(59-54)40-23-14-19-37-18-8-9-20-39(37)40/h5-33H,34H2,1-4H3. The summed E-state index contributed by atoms with van der Waals surface area (Å²) in [6, 6.07) is 63.0. The van der Waals surface area contributed by atoms with Gasteiger partial charge in [0.2, 0.25) is 5.95 Å². The average Bonchev–Trinajstić information content (AvgIpc) is 3.88. The molecular weight excluding hydrogens is 743 g/mol. The van der Waals surface area contributed by atoms with Crippen molar-refractivity contribution in [2.45, 2.75) is 44.9 Å². The molecule has 61 heavy (non-hydrogen) atoms. The summed E-state index contributed by atoms with van der Waals surface area (Å²) in [6.07, 6.45) is 1.10. The molecule has 3 aromatic heterocycles.